The van der Waals surface area contributed by atoms with Gasteiger partial charge in [0.15, 0.2) is 0 Å². The minimum Gasteiger partial charge on any atom is -0.377 e. The molecule has 0 bridgehead atoms. The summed E-state index contributed by atoms with van der Waals surface area (Å²) in [6, 6.07) is -1.53. The van der Waals surface area contributed by atoms with Crippen molar-refractivity contribution in [3.63, 3.8) is 0 Å². The summed E-state index contributed by atoms with van der Waals surface area (Å²) in [6.45, 7) is 10.5. The van der Waals surface area contributed by atoms with Crippen LogP contribution in [0.2, 0.25) is 0 Å². The molecule has 2 rings (SSSR count). The summed E-state index contributed by atoms with van der Waals surface area (Å²) in [5.74, 6) is -1.66. The molecule has 42 heavy (non-hydrogen) atoms. The molecule has 0 aromatic carbocycles. The second-order valence-corrected chi connectivity index (χ2v) is 11.5. The van der Waals surface area contributed by atoms with Gasteiger partial charge in [0.05, 0.1) is 19.8 Å². The fourth-order valence-corrected chi connectivity index (χ4v) is 5.13. The molecule has 3 atom stereocenters. The normalized spacial score (nSPS) is 22.0. The summed E-state index contributed by atoms with van der Waals surface area (Å²) in [5, 5.41) is 10.8. The second kappa shape index (κ2) is 17.8. The number of rotatable bonds is 17. The maximum atomic E-state index is 12.6. The molecule has 1 aliphatic carbocycles. The summed E-state index contributed by atoms with van der Waals surface area (Å²) in [6.07, 6.45) is 3.36. The van der Waals surface area contributed by atoms with Crippen molar-refractivity contribution in [2.24, 2.45) is 23.7 Å². The van der Waals surface area contributed by atoms with E-state index in [9.17, 15) is 28.8 Å². The minimum atomic E-state index is -0.810. The third kappa shape index (κ3) is 11.3. The number of amides is 6. The number of nitrogens with zero attached hydrogens (tertiary/aromatic N) is 1. The van der Waals surface area contributed by atoms with E-state index in [1.54, 1.807) is 34.6 Å². The highest BCUT2D eigenvalue weighted by Crippen LogP contribution is 2.31. The second-order valence-electron chi connectivity index (χ2n) is 11.5. The van der Waals surface area contributed by atoms with Crippen molar-refractivity contribution in [2.75, 3.05) is 46.1 Å². The van der Waals surface area contributed by atoms with Crippen LogP contribution in [0.25, 0.3) is 0 Å². The Morgan fingerprint density at radius 2 is 1.57 bits per heavy atom. The van der Waals surface area contributed by atoms with Crippen LogP contribution in [-0.2, 0) is 38.2 Å². The number of imide groups is 1. The summed E-state index contributed by atoms with van der Waals surface area (Å²) in [7, 11) is 0. The molecule has 0 aromatic rings. The molecule has 6 amide bonds. The van der Waals surface area contributed by atoms with E-state index in [2.05, 4.69) is 21.3 Å². The van der Waals surface area contributed by atoms with E-state index in [1.165, 1.54) is 4.90 Å². The van der Waals surface area contributed by atoms with Gasteiger partial charge in [0.2, 0.25) is 35.4 Å². The molecule has 1 saturated carbocycles. The van der Waals surface area contributed by atoms with Gasteiger partial charge in [-0.05, 0) is 51.4 Å². The van der Waals surface area contributed by atoms with Crippen LogP contribution in [0.4, 0.5) is 0 Å². The fraction of sp³-hybridized carbons (Fsp3) is 0.793. The topological polar surface area (TPSA) is 172 Å². The highest BCUT2D eigenvalue weighted by Gasteiger charge is 2.37. The van der Waals surface area contributed by atoms with Gasteiger partial charge in [0.25, 0.3) is 0 Å². The average Bonchev–Trinajstić information content (AvgIpc) is 3.18. The van der Waals surface area contributed by atoms with Crippen LogP contribution >= 0.6 is 0 Å². The van der Waals surface area contributed by atoms with Crippen LogP contribution in [0.5, 0.6) is 0 Å². The Kier molecular flexibility index (Phi) is 14.9. The van der Waals surface area contributed by atoms with E-state index in [0.29, 0.717) is 32.7 Å². The molecule has 238 valence electrons. The van der Waals surface area contributed by atoms with Crippen LogP contribution in [-0.4, -0.2) is 98.5 Å². The Morgan fingerprint density at radius 1 is 0.905 bits per heavy atom. The molecule has 0 aromatic heterocycles. The molecule has 2 fully saturated rings. The average molecular weight is 596 g/mol. The van der Waals surface area contributed by atoms with Gasteiger partial charge in [-0.25, -0.2) is 0 Å². The van der Waals surface area contributed by atoms with E-state index in [-0.39, 0.29) is 67.1 Å². The monoisotopic (exact) mass is 595 g/mol. The highest BCUT2D eigenvalue weighted by molar-refractivity contribution is 6.03. The molecular formula is C29H49N5O8. The third-order valence-electron chi connectivity index (χ3n) is 7.65. The molecule has 2 aliphatic rings. The molecule has 13 nitrogen and oxygen atoms in total. The Balaban J connectivity index is 1.54. The van der Waals surface area contributed by atoms with Crippen molar-refractivity contribution in [2.45, 2.75) is 78.8 Å². The smallest absolute Gasteiger partial charge is 0.246 e. The van der Waals surface area contributed by atoms with E-state index in [4.69, 9.17) is 9.47 Å². The first-order valence-corrected chi connectivity index (χ1v) is 15.1. The lowest BCUT2D eigenvalue weighted by molar-refractivity contribution is -0.140. The van der Waals surface area contributed by atoms with Crippen LogP contribution in [0, 0.1) is 23.7 Å². The van der Waals surface area contributed by atoms with Gasteiger partial charge in [-0.1, -0.05) is 20.8 Å². The summed E-state index contributed by atoms with van der Waals surface area (Å²) in [5.41, 5.74) is 0. The SMILES string of the molecule is CCNC(=O)[C@H](C)NC(=O)[C@@H](NC(=O)COCCOCCNC(=O)C1CCC(CN2C(=O)CC(C)C2=O)CC1)C(C)C. The van der Waals surface area contributed by atoms with E-state index < -0.39 is 23.9 Å². The first-order valence-electron chi connectivity index (χ1n) is 15.1. The van der Waals surface area contributed by atoms with Crippen molar-refractivity contribution < 1.29 is 38.2 Å². The zero-order valence-corrected chi connectivity index (χ0v) is 25.7. The van der Waals surface area contributed by atoms with Crippen LogP contribution < -0.4 is 21.3 Å². The van der Waals surface area contributed by atoms with Gasteiger partial charge < -0.3 is 30.7 Å². The van der Waals surface area contributed by atoms with Gasteiger partial charge in [0.1, 0.15) is 18.7 Å². The number of likely N-dealkylation sites (N-methyl/N-ethyl adjacent to an activating group) is 1. The number of hydrogen-bond acceptors (Lipinski definition) is 8. The lowest BCUT2D eigenvalue weighted by Gasteiger charge is -2.30. The van der Waals surface area contributed by atoms with Gasteiger partial charge in [0, 0.05) is 37.9 Å². The molecule has 4 N–H and O–H groups in total. The number of carbonyl (C=O) groups excluding carboxylic acids is 6. The number of nitrogens with one attached hydrogen (secondary N) is 4. The summed E-state index contributed by atoms with van der Waals surface area (Å²) < 4.78 is 10.8. The quantitative estimate of drug-likeness (QED) is 0.136. The molecule has 1 heterocycles. The van der Waals surface area contributed by atoms with Crippen molar-refractivity contribution in [3.05, 3.63) is 0 Å². The fourth-order valence-electron chi connectivity index (χ4n) is 5.13. The van der Waals surface area contributed by atoms with Gasteiger partial charge in [-0.15, -0.1) is 0 Å². The molecule has 13 heteroatoms. The van der Waals surface area contributed by atoms with Crippen molar-refractivity contribution >= 4 is 35.4 Å². The van der Waals surface area contributed by atoms with Gasteiger partial charge in [-0.2, -0.15) is 0 Å². The standard InChI is InChI=1S/C29H49N5O8/c1-6-30-26(37)20(5)32-28(39)25(18(2)3)33-23(35)17-42-14-13-41-12-11-31-27(38)22-9-7-21(8-10-22)16-34-24(36)15-19(4)29(34)40/h18-22,25H,6-17H2,1-5H3,(H,30,37)(H,31,38)(H,32,39)(H,33,35)/t19?,20-,21?,22?,25-/m0/s1. The van der Waals surface area contributed by atoms with E-state index >= 15 is 0 Å². The largest absolute Gasteiger partial charge is 0.377 e. The summed E-state index contributed by atoms with van der Waals surface area (Å²) >= 11 is 0. The van der Waals surface area contributed by atoms with Gasteiger partial charge in [-0.3, -0.25) is 33.7 Å². The lowest BCUT2D eigenvalue weighted by atomic mass is 9.81. The van der Waals surface area contributed by atoms with E-state index in [1.807, 2.05) is 0 Å². The molecule has 1 unspecified atom stereocenters. The number of ether oxygens (including phenoxy) is 2. The zero-order chi connectivity index (χ0) is 31.2. The molecule has 1 saturated heterocycles. The predicted molar refractivity (Wildman–Crippen MR) is 154 cm³/mol. The van der Waals surface area contributed by atoms with Crippen molar-refractivity contribution in [1.82, 2.24) is 26.2 Å². The Morgan fingerprint density at radius 3 is 2.17 bits per heavy atom. The Hall–Kier alpha value is -3.06. The predicted octanol–water partition coefficient (Wildman–Crippen LogP) is 0.119. The zero-order valence-electron chi connectivity index (χ0n) is 25.7. The Labute approximate surface area is 248 Å². The highest BCUT2D eigenvalue weighted by atomic mass is 16.5. The molecule has 0 radical (unpaired) electrons. The number of carbonyl (C=O) groups is 6. The van der Waals surface area contributed by atoms with Crippen molar-refractivity contribution in [1.29, 1.82) is 0 Å². The first-order chi connectivity index (χ1) is 19.9. The van der Waals surface area contributed by atoms with Crippen LogP contribution in [0.1, 0.15) is 66.7 Å². The number of likely N-dealkylation sites (tertiary alicyclic amines) is 1. The maximum absolute atomic E-state index is 12.6. The molecular weight excluding hydrogens is 546 g/mol. The van der Waals surface area contributed by atoms with Crippen LogP contribution in [0.3, 0.4) is 0 Å². The third-order valence-corrected chi connectivity index (χ3v) is 7.65. The molecule has 0 spiro atoms. The summed E-state index contributed by atoms with van der Waals surface area (Å²) in [4.78, 5) is 74.8. The van der Waals surface area contributed by atoms with Crippen LogP contribution in [0.15, 0.2) is 0 Å². The molecule has 1 aliphatic heterocycles. The van der Waals surface area contributed by atoms with Gasteiger partial charge >= 0.3 is 0 Å². The maximum Gasteiger partial charge on any atom is 0.246 e. The first kappa shape index (κ1) is 35.1. The minimum absolute atomic E-state index is 0.0175. The number of hydrogen-bond donors (Lipinski definition) is 4. The van der Waals surface area contributed by atoms with Crippen molar-refractivity contribution in [3.8, 4) is 0 Å². The lowest BCUT2D eigenvalue weighted by Crippen LogP contribution is -2.55. The van der Waals surface area contributed by atoms with E-state index in [0.717, 1.165) is 25.7 Å². The Bertz CT molecular complexity index is 950.